The van der Waals surface area contributed by atoms with E-state index in [0.717, 1.165) is 29.1 Å². The Morgan fingerprint density at radius 1 is 1.00 bits per heavy atom. The first-order valence-corrected chi connectivity index (χ1v) is 7.61. The van der Waals surface area contributed by atoms with Crippen molar-refractivity contribution in [2.24, 2.45) is 4.99 Å². The van der Waals surface area contributed by atoms with Crippen LogP contribution in [0.3, 0.4) is 0 Å². The lowest BCUT2D eigenvalue weighted by Crippen LogP contribution is -2.22. The van der Waals surface area contributed by atoms with Crippen LogP contribution in [0.2, 0.25) is 0 Å². The Hall–Kier alpha value is -2.88. The SMILES string of the molecule is CCn1cc(-c2ccc(OC)cc2)cnc1=Nc1ccccc1. The molecule has 0 saturated carbocycles. The van der Waals surface area contributed by atoms with Gasteiger partial charge in [0.2, 0.25) is 5.62 Å². The maximum atomic E-state index is 5.20. The van der Waals surface area contributed by atoms with E-state index >= 15 is 0 Å². The number of nitrogens with zero attached hydrogens (tertiary/aromatic N) is 3. The molecule has 1 aromatic heterocycles. The maximum Gasteiger partial charge on any atom is 0.229 e. The van der Waals surface area contributed by atoms with E-state index in [1.165, 1.54) is 0 Å². The van der Waals surface area contributed by atoms with Crippen LogP contribution in [0.5, 0.6) is 5.75 Å². The van der Waals surface area contributed by atoms with Gasteiger partial charge in [0.15, 0.2) is 0 Å². The zero-order valence-corrected chi connectivity index (χ0v) is 13.3. The number of hydrogen-bond donors (Lipinski definition) is 0. The van der Waals surface area contributed by atoms with Crippen LogP contribution in [0.15, 0.2) is 72.0 Å². The number of benzene rings is 2. The van der Waals surface area contributed by atoms with E-state index in [1.807, 2.05) is 65.4 Å². The highest BCUT2D eigenvalue weighted by atomic mass is 16.5. The van der Waals surface area contributed by atoms with Crippen molar-refractivity contribution in [3.8, 4) is 16.9 Å². The van der Waals surface area contributed by atoms with Gasteiger partial charge in [-0.15, -0.1) is 0 Å². The third-order valence-corrected chi connectivity index (χ3v) is 3.62. The molecule has 0 unspecified atom stereocenters. The van der Waals surface area contributed by atoms with Crippen molar-refractivity contribution >= 4 is 5.69 Å². The number of methoxy groups -OCH3 is 1. The third kappa shape index (κ3) is 3.48. The minimum absolute atomic E-state index is 0.705. The van der Waals surface area contributed by atoms with Gasteiger partial charge >= 0.3 is 0 Å². The predicted octanol–water partition coefficient (Wildman–Crippen LogP) is 3.81. The molecule has 2 aromatic carbocycles. The van der Waals surface area contributed by atoms with Crippen molar-refractivity contribution in [3.63, 3.8) is 0 Å². The molecule has 0 aliphatic rings. The molecule has 0 spiro atoms. The van der Waals surface area contributed by atoms with E-state index in [4.69, 9.17) is 4.74 Å². The molecule has 0 bridgehead atoms. The molecule has 0 aliphatic heterocycles. The van der Waals surface area contributed by atoms with Gasteiger partial charge < -0.3 is 9.30 Å². The van der Waals surface area contributed by atoms with Crippen LogP contribution < -0.4 is 10.4 Å². The van der Waals surface area contributed by atoms with Gasteiger partial charge in [-0.2, -0.15) is 0 Å². The van der Waals surface area contributed by atoms with Crippen molar-refractivity contribution in [3.05, 3.63) is 72.6 Å². The highest BCUT2D eigenvalue weighted by Crippen LogP contribution is 2.20. The van der Waals surface area contributed by atoms with Crippen molar-refractivity contribution in [1.29, 1.82) is 0 Å². The molecule has 23 heavy (non-hydrogen) atoms. The van der Waals surface area contributed by atoms with E-state index < -0.39 is 0 Å². The summed E-state index contributed by atoms with van der Waals surface area (Å²) in [6.45, 7) is 2.89. The molecule has 0 atom stereocenters. The Morgan fingerprint density at radius 3 is 2.39 bits per heavy atom. The highest BCUT2D eigenvalue weighted by molar-refractivity contribution is 5.62. The fourth-order valence-corrected chi connectivity index (χ4v) is 2.34. The average Bonchev–Trinajstić information content (AvgIpc) is 2.63. The average molecular weight is 305 g/mol. The van der Waals surface area contributed by atoms with Crippen LogP contribution in [-0.4, -0.2) is 16.7 Å². The number of aryl methyl sites for hydroxylation is 1. The van der Waals surface area contributed by atoms with Gasteiger partial charge in [0, 0.05) is 24.5 Å². The molecule has 0 fully saturated rings. The minimum Gasteiger partial charge on any atom is -0.497 e. The molecule has 4 heteroatoms. The highest BCUT2D eigenvalue weighted by Gasteiger charge is 2.02. The number of hydrogen-bond acceptors (Lipinski definition) is 3. The summed E-state index contributed by atoms with van der Waals surface area (Å²) in [5.41, 5.74) is 3.77. The maximum absolute atomic E-state index is 5.20. The van der Waals surface area contributed by atoms with Crippen LogP contribution in [0.1, 0.15) is 6.92 Å². The van der Waals surface area contributed by atoms with E-state index in [9.17, 15) is 0 Å². The standard InChI is InChI=1S/C19H19N3O/c1-3-22-14-16(15-9-11-18(23-2)12-10-15)13-20-19(22)21-17-7-5-4-6-8-17/h4-14H,3H2,1-2H3. The van der Waals surface area contributed by atoms with Crippen LogP contribution >= 0.6 is 0 Å². The van der Waals surface area contributed by atoms with Crippen LogP contribution in [-0.2, 0) is 6.54 Å². The number of aromatic nitrogens is 2. The Balaban J connectivity index is 2.01. The third-order valence-electron chi connectivity index (χ3n) is 3.62. The zero-order valence-electron chi connectivity index (χ0n) is 13.3. The molecule has 0 saturated heterocycles. The summed E-state index contributed by atoms with van der Waals surface area (Å²) < 4.78 is 7.25. The molecule has 0 amide bonds. The topological polar surface area (TPSA) is 39.4 Å². The first kappa shape index (κ1) is 15.0. The van der Waals surface area contributed by atoms with Gasteiger partial charge in [-0.1, -0.05) is 30.3 Å². The molecule has 0 aliphatic carbocycles. The van der Waals surface area contributed by atoms with Crippen LogP contribution in [0, 0.1) is 0 Å². The molecular formula is C19H19N3O. The second-order valence-corrected chi connectivity index (χ2v) is 5.10. The second kappa shape index (κ2) is 6.92. The van der Waals surface area contributed by atoms with E-state index in [1.54, 1.807) is 7.11 Å². The van der Waals surface area contributed by atoms with E-state index in [2.05, 4.69) is 23.1 Å². The fourth-order valence-electron chi connectivity index (χ4n) is 2.34. The van der Waals surface area contributed by atoms with Crippen molar-refractivity contribution in [2.45, 2.75) is 13.5 Å². The lowest BCUT2D eigenvalue weighted by Gasteiger charge is -2.08. The summed E-state index contributed by atoms with van der Waals surface area (Å²) >= 11 is 0. The van der Waals surface area contributed by atoms with Gasteiger partial charge in [0.1, 0.15) is 5.75 Å². The molecule has 0 radical (unpaired) electrons. The molecule has 116 valence electrons. The molecule has 1 heterocycles. The van der Waals surface area contributed by atoms with Crippen molar-refractivity contribution in [1.82, 2.24) is 9.55 Å². The normalized spacial score (nSPS) is 11.5. The molecule has 3 rings (SSSR count). The first-order chi connectivity index (χ1) is 11.3. The Bertz CT molecular complexity index is 836. The van der Waals surface area contributed by atoms with Crippen molar-refractivity contribution < 1.29 is 4.74 Å². The monoisotopic (exact) mass is 305 g/mol. The molecular weight excluding hydrogens is 286 g/mol. The summed E-state index contributed by atoms with van der Waals surface area (Å²) in [5.74, 6) is 0.848. The van der Waals surface area contributed by atoms with Crippen LogP contribution in [0.25, 0.3) is 11.1 Å². The van der Waals surface area contributed by atoms with Gasteiger partial charge in [-0.25, -0.2) is 9.98 Å². The summed E-state index contributed by atoms with van der Waals surface area (Å²) in [7, 11) is 1.67. The lowest BCUT2D eigenvalue weighted by atomic mass is 10.1. The van der Waals surface area contributed by atoms with Gasteiger partial charge in [-0.05, 0) is 36.8 Å². The fraction of sp³-hybridized carbons (Fsp3) is 0.158. The summed E-state index contributed by atoms with van der Waals surface area (Å²) in [4.78, 5) is 9.13. The van der Waals surface area contributed by atoms with Gasteiger partial charge in [0.25, 0.3) is 0 Å². The van der Waals surface area contributed by atoms with Gasteiger partial charge in [-0.3, -0.25) is 0 Å². The van der Waals surface area contributed by atoms with E-state index in [0.29, 0.717) is 5.62 Å². The predicted molar refractivity (Wildman–Crippen MR) is 91.6 cm³/mol. The Morgan fingerprint density at radius 2 is 1.74 bits per heavy atom. The number of rotatable bonds is 4. The number of ether oxygens (including phenoxy) is 1. The summed E-state index contributed by atoms with van der Waals surface area (Å²) in [6, 6.07) is 17.8. The molecule has 3 aromatic rings. The summed E-state index contributed by atoms with van der Waals surface area (Å²) in [5, 5.41) is 0. The minimum atomic E-state index is 0.705. The first-order valence-electron chi connectivity index (χ1n) is 7.61. The van der Waals surface area contributed by atoms with E-state index in [-0.39, 0.29) is 0 Å². The second-order valence-electron chi connectivity index (χ2n) is 5.10. The largest absolute Gasteiger partial charge is 0.497 e. The zero-order chi connectivity index (χ0) is 16.1. The Labute approximate surface area is 135 Å². The number of para-hydroxylation sites is 1. The smallest absolute Gasteiger partial charge is 0.229 e. The van der Waals surface area contributed by atoms with Crippen LogP contribution in [0.4, 0.5) is 5.69 Å². The quantitative estimate of drug-likeness (QED) is 0.735. The van der Waals surface area contributed by atoms with Crippen molar-refractivity contribution in [2.75, 3.05) is 7.11 Å². The lowest BCUT2D eigenvalue weighted by molar-refractivity contribution is 0.415. The molecule has 4 nitrogen and oxygen atoms in total. The Kier molecular flexibility index (Phi) is 4.52. The molecule has 0 N–H and O–H groups in total. The summed E-state index contributed by atoms with van der Waals surface area (Å²) in [6.07, 6.45) is 3.94. The van der Waals surface area contributed by atoms with Gasteiger partial charge in [0.05, 0.1) is 12.8 Å².